The highest BCUT2D eigenvalue weighted by atomic mass is 32.1. The van der Waals surface area contributed by atoms with E-state index in [1.165, 1.54) is 31.3 Å². The molecule has 2 rings (SSSR count). The van der Waals surface area contributed by atoms with E-state index in [9.17, 15) is 4.79 Å². The summed E-state index contributed by atoms with van der Waals surface area (Å²) in [7, 11) is 3.53. The number of aromatic nitrogens is 1. The van der Waals surface area contributed by atoms with Crippen molar-refractivity contribution in [2.45, 2.75) is 12.8 Å². The smallest absolute Gasteiger partial charge is 0.357 e. The summed E-state index contributed by atoms with van der Waals surface area (Å²) in [5.74, 6) is 0.324. The van der Waals surface area contributed by atoms with Crippen molar-refractivity contribution in [2.24, 2.45) is 5.92 Å². The van der Waals surface area contributed by atoms with Crippen LogP contribution in [0.5, 0.6) is 0 Å². The van der Waals surface area contributed by atoms with Gasteiger partial charge in [-0.1, -0.05) is 0 Å². The summed E-state index contributed by atoms with van der Waals surface area (Å²) in [6, 6.07) is 0. The quantitative estimate of drug-likeness (QED) is 0.843. The fourth-order valence-electron chi connectivity index (χ4n) is 2.05. The van der Waals surface area contributed by atoms with Gasteiger partial charge in [-0.15, -0.1) is 11.3 Å². The van der Waals surface area contributed by atoms with Crippen LogP contribution in [0.2, 0.25) is 0 Å². The highest BCUT2D eigenvalue weighted by Crippen LogP contribution is 2.20. The number of carbonyl (C=O) groups is 1. The van der Waals surface area contributed by atoms with Crippen LogP contribution >= 0.6 is 11.3 Å². The molecule has 0 radical (unpaired) electrons. The number of hydrogen-bond acceptors (Lipinski definition) is 6. The Kier molecular flexibility index (Phi) is 4.54. The van der Waals surface area contributed by atoms with Crippen LogP contribution in [0.3, 0.4) is 0 Å². The summed E-state index contributed by atoms with van der Waals surface area (Å²) in [6.45, 7) is 3.26. The lowest BCUT2D eigenvalue weighted by Gasteiger charge is -2.28. The number of ether oxygens (including phenoxy) is 1. The molecule has 0 spiro atoms. The number of piperidine rings is 1. The van der Waals surface area contributed by atoms with E-state index in [0.717, 1.165) is 24.8 Å². The van der Waals surface area contributed by atoms with Crippen LogP contribution in [-0.4, -0.2) is 49.6 Å². The minimum atomic E-state index is -0.376. The Morgan fingerprint density at radius 3 is 3.00 bits per heavy atom. The minimum absolute atomic E-state index is 0.376. The van der Waals surface area contributed by atoms with Gasteiger partial charge in [0, 0.05) is 11.9 Å². The zero-order valence-corrected chi connectivity index (χ0v) is 11.6. The zero-order valence-electron chi connectivity index (χ0n) is 10.8. The average molecular weight is 269 g/mol. The molecular formula is C12H19N3O2S. The third kappa shape index (κ3) is 3.43. The monoisotopic (exact) mass is 269 g/mol. The summed E-state index contributed by atoms with van der Waals surface area (Å²) < 4.78 is 4.63. The molecule has 0 bridgehead atoms. The maximum absolute atomic E-state index is 11.3. The van der Waals surface area contributed by atoms with Crippen molar-refractivity contribution in [3.8, 4) is 0 Å². The summed E-state index contributed by atoms with van der Waals surface area (Å²) in [5.41, 5.74) is 0.383. The summed E-state index contributed by atoms with van der Waals surface area (Å²) in [4.78, 5) is 17.8. The largest absolute Gasteiger partial charge is 0.464 e. The molecule has 0 unspecified atom stereocenters. The summed E-state index contributed by atoms with van der Waals surface area (Å²) in [6.07, 6.45) is 2.44. The zero-order chi connectivity index (χ0) is 13.0. The third-order valence-electron chi connectivity index (χ3n) is 3.28. The number of methoxy groups -OCH3 is 1. The molecular weight excluding hydrogens is 250 g/mol. The van der Waals surface area contributed by atoms with Crippen molar-refractivity contribution in [3.05, 3.63) is 11.1 Å². The van der Waals surface area contributed by atoms with Gasteiger partial charge in [0.15, 0.2) is 10.8 Å². The molecule has 1 N–H and O–H groups in total. The predicted molar refractivity (Wildman–Crippen MR) is 72.2 cm³/mol. The standard InChI is InChI=1S/C12H19N3O2S/c1-15-5-3-9(4-6-15)7-13-12-14-10(8-18-12)11(16)17-2/h8-9H,3-7H2,1-2H3,(H,13,14). The van der Waals surface area contributed by atoms with E-state index < -0.39 is 0 Å². The Morgan fingerprint density at radius 1 is 1.61 bits per heavy atom. The molecule has 6 heteroatoms. The van der Waals surface area contributed by atoms with Crippen molar-refractivity contribution in [2.75, 3.05) is 39.1 Å². The van der Waals surface area contributed by atoms with E-state index in [-0.39, 0.29) is 5.97 Å². The van der Waals surface area contributed by atoms with E-state index >= 15 is 0 Å². The van der Waals surface area contributed by atoms with Gasteiger partial charge in [0.25, 0.3) is 0 Å². The molecule has 1 aliphatic heterocycles. The second-order valence-corrected chi connectivity index (χ2v) is 5.52. The molecule has 1 saturated heterocycles. The normalized spacial score (nSPS) is 17.7. The van der Waals surface area contributed by atoms with Gasteiger partial charge in [-0.3, -0.25) is 0 Å². The number of nitrogens with one attached hydrogen (secondary N) is 1. The molecule has 5 nitrogen and oxygen atoms in total. The van der Waals surface area contributed by atoms with Crippen molar-refractivity contribution < 1.29 is 9.53 Å². The van der Waals surface area contributed by atoms with Gasteiger partial charge in [0.05, 0.1) is 7.11 Å². The van der Waals surface area contributed by atoms with E-state index in [1.54, 1.807) is 5.38 Å². The van der Waals surface area contributed by atoms with Gasteiger partial charge < -0.3 is 15.0 Å². The molecule has 0 amide bonds. The third-order valence-corrected chi connectivity index (χ3v) is 4.08. The highest BCUT2D eigenvalue weighted by molar-refractivity contribution is 7.13. The second-order valence-electron chi connectivity index (χ2n) is 4.66. The molecule has 1 fully saturated rings. The fraction of sp³-hybridized carbons (Fsp3) is 0.667. The lowest BCUT2D eigenvalue weighted by Crippen LogP contribution is -2.32. The van der Waals surface area contributed by atoms with Crippen LogP contribution in [-0.2, 0) is 4.74 Å². The SMILES string of the molecule is COC(=O)c1csc(NCC2CCN(C)CC2)n1. The first-order chi connectivity index (χ1) is 8.69. The first-order valence-corrected chi connectivity index (χ1v) is 7.03. The summed E-state index contributed by atoms with van der Waals surface area (Å²) in [5, 5.41) is 5.83. The molecule has 0 atom stereocenters. The van der Waals surface area contributed by atoms with Crippen LogP contribution in [0.25, 0.3) is 0 Å². The average Bonchev–Trinajstić information content (AvgIpc) is 2.86. The molecule has 1 aromatic rings. The van der Waals surface area contributed by atoms with E-state index in [1.807, 2.05) is 0 Å². The number of anilines is 1. The molecule has 0 aliphatic carbocycles. The van der Waals surface area contributed by atoms with Gasteiger partial charge in [-0.2, -0.15) is 0 Å². The Morgan fingerprint density at radius 2 is 2.33 bits per heavy atom. The topological polar surface area (TPSA) is 54.5 Å². The van der Waals surface area contributed by atoms with E-state index in [2.05, 4.69) is 27.0 Å². The Hall–Kier alpha value is -1.14. The second kappa shape index (κ2) is 6.15. The van der Waals surface area contributed by atoms with Crippen molar-refractivity contribution in [3.63, 3.8) is 0 Å². The number of rotatable bonds is 4. The molecule has 0 saturated carbocycles. The van der Waals surface area contributed by atoms with E-state index in [4.69, 9.17) is 0 Å². The Labute approximate surface area is 111 Å². The van der Waals surface area contributed by atoms with Crippen molar-refractivity contribution >= 4 is 22.4 Å². The molecule has 2 heterocycles. The minimum Gasteiger partial charge on any atom is -0.464 e. The molecule has 1 aliphatic rings. The first-order valence-electron chi connectivity index (χ1n) is 6.15. The Bertz CT molecular complexity index is 400. The Balaban J connectivity index is 1.79. The van der Waals surface area contributed by atoms with Gasteiger partial charge in [-0.25, -0.2) is 9.78 Å². The fourth-order valence-corrected chi connectivity index (χ4v) is 2.74. The van der Waals surface area contributed by atoms with Crippen LogP contribution < -0.4 is 5.32 Å². The molecule has 100 valence electrons. The summed E-state index contributed by atoms with van der Waals surface area (Å²) >= 11 is 1.45. The van der Waals surface area contributed by atoms with Crippen molar-refractivity contribution in [1.29, 1.82) is 0 Å². The maximum atomic E-state index is 11.3. The number of nitrogens with zero attached hydrogens (tertiary/aromatic N) is 2. The van der Waals surface area contributed by atoms with Crippen LogP contribution in [0, 0.1) is 5.92 Å². The van der Waals surface area contributed by atoms with Crippen LogP contribution in [0.1, 0.15) is 23.3 Å². The first kappa shape index (κ1) is 13.3. The number of carbonyl (C=O) groups excluding carboxylic acids is 1. The van der Waals surface area contributed by atoms with Gasteiger partial charge in [-0.05, 0) is 38.9 Å². The van der Waals surface area contributed by atoms with E-state index in [0.29, 0.717) is 11.6 Å². The lowest BCUT2D eigenvalue weighted by molar-refractivity contribution is 0.0595. The van der Waals surface area contributed by atoms with Gasteiger partial charge >= 0.3 is 5.97 Å². The number of likely N-dealkylation sites (tertiary alicyclic amines) is 1. The predicted octanol–water partition coefficient (Wildman–Crippen LogP) is 1.68. The highest BCUT2D eigenvalue weighted by Gasteiger charge is 2.17. The maximum Gasteiger partial charge on any atom is 0.357 e. The van der Waals surface area contributed by atoms with Gasteiger partial charge in [0.2, 0.25) is 0 Å². The lowest BCUT2D eigenvalue weighted by atomic mass is 9.97. The van der Waals surface area contributed by atoms with Crippen molar-refractivity contribution in [1.82, 2.24) is 9.88 Å². The number of thiazole rings is 1. The molecule has 1 aromatic heterocycles. The van der Waals surface area contributed by atoms with Crippen LogP contribution in [0.15, 0.2) is 5.38 Å². The molecule has 0 aromatic carbocycles. The van der Waals surface area contributed by atoms with Crippen LogP contribution in [0.4, 0.5) is 5.13 Å². The number of hydrogen-bond donors (Lipinski definition) is 1. The molecule has 18 heavy (non-hydrogen) atoms. The van der Waals surface area contributed by atoms with Gasteiger partial charge in [0.1, 0.15) is 0 Å². The number of esters is 1.